The summed E-state index contributed by atoms with van der Waals surface area (Å²) in [5.41, 5.74) is 5.07. The number of nitrogens with one attached hydrogen (secondary N) is 2. The Bertz CT molecular complexity index is 353. The lowest BCUT2D eigenvalue weighted by molar-refractivity contribution is -0.135. The fourth-order valence-corrected chi connectivity index (χ4v) is 2.65. The van der Waals surface area contributed by atoms with Gasteiger partial charge in [-0.25, -0.2) is 0 Å². The minimum absolute atomic E-state index is 0.0212. The van der Waals surface area contributed by atoms with Crippen molar-refractivity contribution in [3.63, 3.8) is 0 Å². The highest BCUT2D eigenvalue weighted by atomic mass is 16.2. The number of carbonyl (C=O) groups excluding carboxylic acids is 2. The largest absolute Gasteiger partial charge is 0.350 e. The molecule has 5 heteroatoms. The number of nitrogens with two attached hydrogens (primary N) is 1. The molecular formula is C15H29N3O2. The van der Waals surface area contributed by atoms with Gasteiger partial charge in [0, 0.05) is 12.1 Å². The highest BCUT2D eigenvalue weighted by Gasteiger charge is 2.39. The van der Waals surface area contributed by atoms with E-state index in [4.69, 9.17) is 5.73 Å². The monoisotopic (exact) mass is 283 g/mol. The van der Waals surface area contributed by atoms with Gasteiger partial charge in [-0.2, -0.15) is 0 Å². The Hall–Kier alpha value is -1.10. The molecule has 116 valence electrons. The molecule has 2 amide bonds. The van der Waals surface area contributed by atoms with Gasteiger partial charge in [0.1, 0.15) is 0 Å². The zero-order valence-corrected chi connectivity index (χ0v) is 13.2. The molecule has 0 spiro atoms. The zero-order chi connectivity index (χ0) is 15.4. The summed E-state index contributed by atoms with van der Waals surface area (Å²) in [5.74, 6) is 0.421. The van der Waals surface area contributed by atoms with Crippen LogP contribution >= 0.6 is 0 Å². The first kappa shape index (κ1) is 17.0. The Kier molecular flexibility index (Phi) is 5.57. The molecule has 0 bridgehead atoms. The minimum Gasteiger partial charge on any atom is -0.350 e. The van der Waals surface area contributed by atoms with Crippen LogP contribution in [0.4, 0.5) is 0 Å². The van der Waals surface area contributed by atoms with E-state index in [2.05, 4.69) is 17.6 Å². The third-order valence-corrected chi connectivity index (χ3v) is 4.03. The topological polar surface area (TPSA) is 84.2 Å². The lowest BCUT2D eigenvalue weighted by Gasteiger charge is -2.37. The molecule has 0 aromatic rings. The van der Waals surface area contributed by atoms with Crippen molar-refractivity contribution in [1.29, 1.82) is 0 Å². The van der Waals surface area contributed by atoms with Crippen molar-refractivity contribution >= 4 is 11.8 Å². The van der Waals surface area contributed by atoms with Crippen LogP contribution in [0.2, 0.25) is 0 Å². The second-order valence-corrected chi connectivity index (χ2v) is 7.15. The highest BCUT2D eigenvalue weighted by molar-refractivity contribution is 5.88. The summed E-state index contributed by atoms with van der Waals surface area (Å²) in [6.45, 7) is 8.32. The van der Waals surface area contributed by atoms with Gasteiger partial charge in [-0.15, -0.1) is 0 Å². The van der Waals surface area contributed by atoms with Crippen molar-refractivity contribution in [2.75, 3.05) is 13.1 Å². The molecule has 0 unspecified atom stereocenters. The average molecular weight is 283 g/mol. The van der Waals surface area contributed by atoms with Gasteiger partial charge in [-0.05, 0) is 52.4 Å². The van der Waals surface area contributed by atoms with E-state index in [0.717, 1.165) is 25.7 Å². The van der Waals surface area contributed by atoms with Gasteiger partial charge in [-0.1, -0.05) is 6.92 Å². The van der Waals surface area contributed by atoms with Gasteiger partial charge in [-0.3, -0.25) is 9.59 Å². The molecule has 0 aromatic carbocycles. The first-order valence-corrected chi connectivity index (χ1v) is 7.48. The summed E-state index contributed by atoms with van der Waals surface area (Å²) in [7, 11) is 0. The Balaban J connectivity index is 2.50. The van der Waals surface area contributed by atoms with Gasteiger partial charge in [0.25, 0.3) is 0 Å². The van der Waals surface area contributed by atoms with Crippen LogP contribution in [0.25, 0.3) is 0 Å². The standard InChI is InChI=1S/C15H29N3O2/c1-11-5-7-15(10-16,8-6-11)13(20)17-9-12(19)18-14(2,3)4/h11H,5-10,16H2,1-4H3,(H,17,20)(H,18,19). The number of rotatable bonds is 4. The van der Waals surface area contributed by atoms with Gasteiger partial charge in [0.15, 0.2) is 0 Å². The van der Waals surface area contributed by atoms with Crippen LogP contribution < -0.4 is 16.4 Å². The molecule has 20 heavy (non-hydrogen) atoms. The normalized spacial score (nSPS) is 26.9. The van der Waals surface area contributed by atoms with E-state index in [-0.39, 0.29) is 23.9 Å². The van der Waals surface area contributed by atoms with Crippen LogP contribution in [-0.2, 0) is 9.59 Å². The van der Waals surface area contributed by atoms with E-state index in [1.54, 1.807) is 0 Å². The SMILES string of the molecule is CC1CCC(CN)(C(=O)NCC(=O)NC(C)(C)C)CC1. The Morgan fingerprint density at radius 1 is 1.25 bits per heavy atom. The van der Waals surface area contributed by atoms with E-state index in [1.165, 1.54) is 0 Å². The molecule has 1 saturated carbocycles. The first-order valence-electron chi connectivity index (χ1n) is 7.48. The second kappa shape index (κ2) is 6.57. The smallest absolute Gasteiger partial charge is 0.239 e. The number of hydrogen-bond acceptors (Lipinski definition) is 3. The van der Waals surface area contributed by atoms with E-state index >= 15 is 0 Å². The molecule has 1 fully saturated rings. The van der Waals surface area contributed by atoms with Crippen LogP contribution in [0.5, 0.6) is 0 Å². The van der Waals surface area contributed by atoms with Crippen molar-refractivity contribution in [2.24, 2.45) is 17.1 Å². The molecule has 1 aliphatic carbocycles. The fourth-order valence-electron chi connectivity index (χ4n) is 2.65. The highest BCUT2D eigenvalue weighted by Crippen LogP contribution is 2.38. The molecule has 0 radical (unpaired) electrons. The number of amides is 2. The first-order chi connectivity index (χ1) is 9.18. The molecular weight excluding hydrogens is 254 g/mol. The minimum atomic E-state index is -0.478. The molecule has 4 N–H and O–H groups in total. The van der Waals surface area contributed by atoms with Gasteiger partial charge >= 0.3 is 0 Å². The lowest BCUT2D eigenvalue weighted by atomic mass is 9.70. The van der Waals surface area contributed by atoms with Crippen LogP contribution in [0.15, 0.2) is 0 Å². The number of carbonyl (C=O) groups is 2. The van der Waals surface area contributed by atoms with Crippen LogP contribution in [0, 0.1) is 11.3 Å². The molecule has 0 saturated heterocycles. The van der Waals surface area contributed by atoms with Crippen molar-refractivity contribution in [3.8, 4) is 0 Å². The third-order valence-electron chi connectivity index (χ3n) is 4.03. The van der Waals surface area contributed by atoms with Gasteiger partial charge in [0.05, 0.1) is 12.0 Å². The maximum atomic E-state index is 12.4. The van der Waals surface area contributed by atoms with Gasteiger partial charge < -0.3 is 16.4 Å². The molecule has 0 aliphatic heterocycles. The summed E-state index contributed by atoms with van der Waals surface area (Å²) in [6.07, 6.45) is 3.69. The van der Waals surface area contributed by atoms with E-state index < -0.39 is 5.41 Å². The summed E-state index contributed by atoms with van der Waals surface area (Å²) in [4.78, 5) is 24.1. The molecule has 0 atom stereocenters. The van der Waals surface area contributed by atoms with Crippen molar-refractivity contribution < 1.29 is 9.59 Å². The summed E-state index contributed by atoms with van der Waals surface area (Å²) in [6, 6.07) is 0. The maximum absolute atomic E-state index is 12.4. The predicted molar refractivity (Wildman–Crippen MR) is 80.0 cm³/mol. The molecule has 0 heterocycles. The van der Waals surface area contributed by atoms with Gasteiger partial charge in [0.2, 0.25) is 11.8 Å². The summed E-state index contributed by atoms with van der Waals surface area (Å²) in [5, 5.41) is 5.58. The average Bonchev–Trinajstić information content (AvgIpc) is 2.35. The van der Waals surface area contributed by atoms with Crippen LogP contribution in [0.3, 0.4) is 0 Å². The van der Waals surface area contributed by atoms with Crippen molar-refractivity contribution in [3.05, 3.63) is 0 Å². The maximum Gasteiger partial charge on any atom is 0.239 e. The van der Waals surface area contributed by atoms with E-state index in [9.17, 15) is 9.59 Å². The Morgan fingerprint density at radius 2 is 1.80 bits per heavy atom. The quantitative estimate of drug-likeness (QED) is 0.724. The third kappa shape index (κ3) is 4.78. The fraction of sp³-hybridized carbons (Fsp3) is 0.867. The summed E-state index contributed by atoms with van der Waals surface area (Å²) >= 11 is 0. The van der Waals surface area contributed by atoms with Crippen molar-refractivity contribution in [1.82, 2.24) is 10.6 Å². The van der Waals surface area contributed by atoms with Crippen LogP contribution in [-0.4, -0.2) is 30.4 Å². The van der Waals surface area contributed by atoms with E-state index in [0.29, 0.717) is 12.5 Å². The molecule has 1 aliphatic rings. The van der Waals surface area contributed by atoms with Crippen LogP contribution in [0.1, 0.15) is 53.4 Å². The molecule has 5 nitrogen and oxygen atoms in total. The van der Waals surface area contributed by atoms with E-state index in [1.807, 2.05) is 20.8 Å². The Labute approximate surface area is 122 Å². The molecule has 0 aromatic heterocycles. The second-order valence-electron chi connectivity index (χ2n) is 7.15. The zero-order valence-electron chi connectivity index (χ0n) is 13.2. The number of hydrogen-bond donors (Lipinski definition) is 3. The van der Waals surface area contributed by atoms with Crippen molar-refractivity contribution in [2.45, 2.75) is 58.9 Å². The predicted octanol–water partition coefficient (Wildman–Crippen LogP) is 1.17. The Morgan fingerprint density at radius 3 is 2.25 bits per heavy atom. The lowest BCUT2D eigenvalue weighted by Crippen LogP contribution is -2.51. The summed E-state index contributed by atoms with van der Waals surface area (Å²) < 4.78 is 0. The molecule has 1 rings (SSSR count).